The van der Waals surface area contributed by atoms with Crippen LogP contribution in [0.4, 0.5) is 18.9 Å². The molecule has 0 aliphatic carbocycles. The Labute approximate surface area is 158 Å². The first-order valence-corrected chi connectivity index (χ1v) is 8.92. The van der Waals surface area contributed by atoms with E-state index in [0.717, 1.165) is 35.0 Å². The highest BCUT2D eigenvalue weighted by Crippen LogP contribution is 2.37. The molecular weight excluding hydrogens is 379 g/mol. The molecular formula is C19H14F3NOS2. The Morgan fingerprint density at radius 2 is 1.69 bits per heavy atom. The minimum atomic E-state index is -4.38. The highest BCUT2D eigenvalue weighted by atomic mass is 32.2. The summed E-state index contributed by atoms with van der Waals surface area (Å²) in [6.45, 7) is 3.93. The first-order chi connectivity index (χ1) is 12.2. The minimum absolute atomic E-state index is 0.275. The molecule has 7 heteroatoms. The molecule has 1 saturated heterocycles. The van der Waals surface area contributed by atoms with Crippen molar-refractivity contribution in [1.82, 2.24) is 0 Å². The van der Waals surface area contributed by atoms with Gasteiger partial charge in [-0.1, -0.05) is 42.2 Å². The molecule has 2 nitrogen and oxygen atoms in total. The standard InChI is InChI=1S/C19H14F3NOS2/c1-11-3-8-15(9-12(11)2)23-17(24)16(26-18(23)25)10-13-4-6-14(7-5-13)19(20,21)22/h3-10H,1-2H3/b16-10+. The molecule has 3 rings (SSSR count). The van der Waals surface area contributed by atoms with E-state index in [1.807, 2.05) is 32.0 Å². The van der Waals surface area contributed by atoms with E-state index >= 15 is 0 Å². The number of alkyl halides is 3. The molecule has 1 fully saturated rings. The normalized spacial score (nSPS) is 16.7. The number of nitrogens with zero attached hydrogens (tertiary/aromatic N) is 1. The number of hydrogen-bond acceptors (Lipinski definition) is 3. The fourth-order valence-corrected chi connectivity index (χ4v) is 3.77. The van der Waals surface area contributed by atoms with Gasteiger partial charge in [-0.2, -0.15) is 13.2 Å². The van der Waals surface area contributed by atoms with Crippen molar-refractivity contribution in [3.8, 4) is 0 Å². The summed E-state index contributed by atoms with van der Waals surface area (Å²) in [5.41, 5.74) is 2.63. The molecule has 0 radical (unpaired) electrons. The molecule has 134 valence electrons. The minimum Gasteiger partial charge on any atom is -0.268 e. The largest absolute Gasteiger partial charge is 0.416 e. The maximum atomic E-state index is 12.7. The Hall–Kier alpha value is -2.12. The molecule has 26 heavy (non-hydrogen) atoms. The van der Waals surface area contributed by atoms with Gasteiger partial charge in [0.25, 0.3) is 5.91 Å². The van der Waals surface area contributed by atoms with Crippen molar-refractivity contribution in [2.24, 2.45) is 0 Å². The van der Waals surface area contributed by atoms with E-state index < -0.39 is 11.7 Å². The summed E-state index contributed by atoms with van der Waals surface area (Å²) in [4.78, 5) is 14.5. The number of carbonyl (C=O) groups is 1. The van der Waals surface area contributed by atoms with Crippen molar-refractivity contribution in [3.63, 3.8) is 0 Å². The van der Waals surface area contributed by atoms with Gasteiger partial charge in [-0.25, -0.2) is 0 Å². The van der Waals surface area contributed by atoms with Crippen molar-refractivity contribution < 1.29 is 18.0 Å². The van der Waals surface area contributed by atoms with E-state index in [4.69, 9.17) is 12.2 Å². The summed E-state index contributed by atoms with van der Waals surface area (Å²) in [5, 5.41) is 0. The van der Waals surface area contributed by atoms with E-state index in [9.17, 15) is 18.0 Å². The third kappa shape index (κ3) is 3.68. The Kier molecular flexibility index (Phi) is 4.94. The molecule has 2 aromatic carbocycles. The lowest BCUT2D eigenvalue weighted by Gasteiger charge is -2.15. The van der Waals surface area contributed by atoms with Gasteiger partial charge in [-0.05, 0) is 60.9 Å². The lowest BCUT2D eigenvalue weighted by molar-refractivity contribution is -0.137. The van der Waals surface area contributed by atoms with Crippen LogP contribution in [0.25, 0.3) is 6.08 Å². The van der Waals surface area contributed by atoms with Gasteiger partial charge < -0.3 is 0 Å². The van der Waals surface area contributed by atoms with Gasteiger partial charge >= 0.3 is 6.18 Å². The molecule has 1 heterocycles. The van der Waals surface area contributed by atoms with E-state index in [-0.39, 0.29) is 5.91 Å². The molecule has 0 unspecified atom stereocenters. The van der Waals surface area contributed by atoms with E-state index in [2.05, 4.69) is 0 Å². The number of hydrogen-bond donors (Lipinski definition) is 0. The number of thioether (sulfide) groups is 1. The van der Waals surface area contributed by atoms with Crippen LogP contribution >= 0.6 is 24.0 Å². The van der Waals surface area contributed by atoms with Crippen LogP contribution in [0.1, 0.15) is 22.3 Å². The van der Waals surface area contributed by atoms with Gasteiger partial charge in [0.1, 0.15) is 0 Å². The predicted molar refractivity (Wildman–Crippen MR) is 103 cm³/mol. The Bertz CT molecular complexity index is 917. The van der Waals surface area contributed by atoms with Crippen LogP contribution in [0.2, 0.25) is 0 Å². The van der Waals surface area contributed by atoms with Crippen LogP contribution in [0.15, 0.2) is 47.4 Å². The highest BCUT2D eigenvalue weighted by Gasteiger charge is 2.33. The summed E-state index contributed by atoms with van der Waals surface area (Å²) in [5.74, 6) is -0.275. The van der Waals surface area contributed by atoms with Crippen LogP contribution in [0.3, 0.4) is 0 Å². The van der Waals surface area contributed by atoms with Gasteiger partial charge in [-0.3, -0.25) is 9.69 Å². The Morgan fingerprint density at radius 1 is 1.04 bits per heavy atom. The van der Waals surface area contributed by atoms with Gasteiger partial charge in [0.2, 0.25) is 0 Å². The summed E-state index contributed by atoms with van der Waals surface area (Å²) in [6, 6.07) is 10.3. The number of anilines is 1. The molecule has 0 spiro atoms. The second kappa shape index (κ2) is 6.89. The van der Waals surface area contributed by atoms with Crippen molar-refractivity contribution in [3.05, 3.63) is 69.6 Å². The molecule has 0 atom stereocenters. The van der Waals surface area contributed by atoms with Crippen LogP contribution in [-0.2, 0) is 11.0 Å². The molecule has 0 bridgehead atoms. The van der Waals surface area contributed by atoms with Gasteiger partial charge in [0, 0.05) is 0 Å². The van der Waals surface area contributed by atoms with Crippen LogP contribution in [0, 0.1) is 13.8 Å². The Balaban J connectivity index is 1.88. The summed E-state index contributed by atoms with van der Waals surface area (Å²) >= 11 is 6.45. The van der Waals surface area contributed by atoms with Gasteiger partial charge in [-0.15, -0.1) is 0 Å². The van der Waals surface area contributed by atoms with Crippen molar-refractivity contribution >= 4 is 46.0 Å². The van der Waals surface area contributed by atoms with Crippen LogP contribution < -0.4 is 4.90 Å². The average molecular weight is 393 g/mol. The average Bonchev–Trinajstić information content (AvgIpc) is 2.84. The van der Waals surface area contributed by atoms with E-state index in [0.29, 0.717) is 20.5 Å². The zero-order valence-corrected chi connectivity index (χ0v) is 15.6. The molecule has 1 aliphatic heterocycles. The first kappa shape index (κ1) is 18.7. The van der Waals surface area contributed by atoms with E-state index in [1.54, 1.807) is 6.08 Å². The topological polar surface area (TPSA) is 20.3 Å². The van der Waals surface area contributed by atoms with Crippen LogP contribution in [0.5, 0.6) is 0 Å². The smallest absolute Gasteiger partial charge is 0.268 e. The first-order valence-electron chi connectivity index (χ1n) is 7.69. The third-order valence-electron chi connectivity index (χ3n) is 4.08. The quantitative estimate of drug-likeness (QED) is 0.480. The zero-order valence-electron chi connectivity index (χ0n) is 13.9. The monoisotopic (exact) mass is 393 g/mol. The van der Waals surface area contributed by atoms with E-state index in [1.165, 1.54) is 17.0 Å². The highest BCUT2D eigenvalue weighted by molar-refractivity contribution is 8.27. The van der Waals surface area contributed by atoms with Crippen LogP contribution in [-0.4, -0.2) is 10.2 Å². The van der Waals surface area contributed by atoms with Gasteiger partial charge in [0.05, 0.1) is 16.2 Å². The summed E-state index contributed by atoms with van der Waals surface area (Å²) < 4.78 is 38.3. The fourth-order valence-electron chi connectivity index (χ4n) is 2.47. The third-order valence-corrected chi connectivity index (χ3v) is 5.38. The number of benzene rings is 2. The number of carbonyl (C=O) groups excluding carboxylic acids is 1. The molecule has 0 saturated carbocycles. The van der Waals surface area contributed by atoms with Crippen molar-refractivity contribution in [2.75, 3.05) is 4.90 Å². The Morgan fingerprint density at radius 3 is 2.27 bits per heavy atom. The molecule has 0 N–H and O–H groups in total. The molecule has 1 amide bonds. The number of rotatable bonds is 2. The molecule has 2 aromatic rings. The molecule has 1 aliphatic rings. The number of aryl methyl sites for hydroxylation is 2. The zero-order chi connectivity index (χ0) is 19.1. The predicted octanol–water partition coefficient (Wildman–Crippen LogP) is 5.73. The SMILES string of the molecule is Cc1ccc(N2C(=O)/C(=C\c3ccc(C(F)(F)F)cc3)SC2=S)cc1C. The van der Waals surface area contributed by atoms with Crippen molar-refractivity contribution in [2.45, 2.75) is 20.0 Å². The maximum Gasteiger partial charge on any atom is 0.416 e. The second-order valence-corrected chi connectivity index (χ2v) is 7.58. The lowest BCUT2D eigenvalue weighted by Crippen LogP contribution is -2.27. The summed E-state index contributed by atoms with van der Waals surface area (Å²) in [7, 11) is 0. The fraction of sp³-hybridized carbons (Fsp3) is 0.158. The molecule has 0 aromatic heterocycles. The lowest BCUT2D eigenvalue weighted by atomic mass is 10.1. The number of halogens is 3. The maximum absolute atomic E-state index is 12.7. The van der Waals surface area contributed by atoms with Gasteiger partial charge in [0.15, 0.2) is 4.32 Å². The number of amides is 1. The van der Waals surface area contributed by atoms with Crippen molar-refractivity contribution in [1.29, 1.82) is 0 Å². The second-order valence-electron chi connectivity index (χ2n) is 5.91. The summed E-state index contributed by atoms with van der Waals surface area (Å²) in [6.07, 6.45) is -2.83. The number of thiocarbonyl (C=S) groups is 1.